The first kappa shape index (κ1) is 13.3. The lowest BCUT2D eigenvalue weighted by Gasteiger charge is -2.06. The number of anilines is 1. The van der Waals surface area contributed by atoms with Crippen LogP contribution in [-0.4, -0.2) is 17.9 Å². The van der Waals surface area contributed by atoms with Crippen molar-refractivity contribution < 1.29 is 9.59 Å². The molecule has 0 aliphatic heterocycles. The average molecular weight is 258 g/mol. The van der Waals surface area contributed by atoms with E-state index in [0.717, 1.165) is 18.4 Å². The molecule has 4 nitrogen and oxygen atoms in total. The van der Waals surface area contributed by atoms with Gasteiger partial charge < -0.3 is 10.6 Å². The van der Waals surface area contributed by atoms with Gasteiger partial charge in [-0.15, -0.1) is 0 Å². The van der Waals surface area contributed by atoms with E-state index >= 15 is 0 Å². The third kappa shape index (κ3) is 4.25. The van der Waals surface area contributed by atoms with E-state index in [1.807, 2.05) is 13.8 Å². The molecule has 0 saturated heterocycles. The lowest BCUT2D eigenvalue weighted by atomic mass is 10.2. The first-order chi connectivity index (χ1) is 9.04. The van der Waals surface area contributed by atoms with Gasteiger partial charge in [0.15, 0.2) is 0 Å². The van der Waals surface area contributed by atoms with Crippen LogP contribution in [-0.2, 0) is 4.79 Å². The maximum Gasteiger partial charge on any atom is 0.251 e. The summed E-state index contributed by atoms with van der Waals surface area (Å²) in [5, 5.41) is 5.66. The molecule has 1 fully saturated rings. The van der Waals surface area contributed by atoms with Crippen molar-refractivity contribution in [3.63, 3.8) is 0 Å². The van der Waals surface area contributed by atoms with Crippen molar-refractivity contribution in [3.8, 4) is 0 Å². The van der Waals surface area contributed by atoms with E-state index in [1.165, 1.54) is 6.08 Å². The van der Waals surface area contributed by atoms with Crippen LogP contribution < -0.4 is 10.6 Å². The molecule has 19 heavy (non-hydrogen) atoms. The highest BCUT2D eigenvalue weighted by Crippen LogP contribution is 2.20. The Morgan fingerprint density at radius 1 is 1.26 bits per heavy atom. The summed E-state index contributed by atoms with van der Waals surface area (Å²) in [6, 6.07) is 7.30. The smallest absolute Gasteiger partial charge is 0.251 e. The fourth-order valence-corrected chi connectivity index (χ4v) is 1.68. The topological polar surface area (TPSA) is 58.2 Å². The molecule has 0 bridgehead atoms. The number of hydrogen-bond acceptors (Lipinski definition) is 2. The minimum absolute atomic E-state index is 0.0826. The summed E-state index contributed by atoms with van der Waals surface area (Å²) in [7, 11) is 0. The van der Waals surface area contributed by atoms with Crippen LogP contribution in [0.4, 0.5) is 5.69 Å². The summed E-state index contributed by atoms with van der Waals surface area (Å²) in [4.78, 5) is 23.5. The Hall–Kier alpha value is -2.10. The Bertz CT molecular complexity index is 527. The minimum Gasteiger partial charge on any atom is -0.349 e. The molecule has 2 N–H and O–H groups in total. The molecule has 1 aromatic rings. The predicted octanol–water partition coefficient (Wildman–Crippen LogP) is 2.48. The van der Waals surface area contributed by atoms with Crippen molar-refractivity contribution in [2.24, 2.45) is 0 Å². The van der Waals surface area contributed by atoms with Crippen molar-refractivity contribution in [3.05, 3.63) is 41.5 Å². The second kappa shape index (κ2) is 5.69. The van der Waals surface area contributed by atoms with Gasteiger partial charge in [0.05, 0.1) is 0 Å². The van der Waals surface area contributed by atoms with Crippen molar-refractivity contribution in [2.45, 2.75) is 32.7 Å². The van der Waals surface area contributed by atoms with Crippen LogP contribution >= 0.6 is 0 Å². The zero-order valence-corrected chi connectivity index (χ0v) is 11.2. The van der Waals surface area contributed by atoms with Crippen LogP contribution in [0, 0.1) is 0 Å². The van der Waals surface area contributed by atoms with Gasteiger partial charge in [-0.05, 0) is 44.9 Å². The van der Waals surface area contributed by atoms with Crippen LogP contribution in [0.3, 0.4) is 0 Å². The maximum atomic E-state index is 11.9. The highest BCUT2D eigenvalue weighted by molar-refractivity contribution is 6.01. The SMILES string of the molecule is CC(C)=CC(=O)Nc1cccc(C(=O)NC2CC2)c1. The summed E-state index contributed by atoms with van der Waals surface area (Å²) >= 11 is 0. The van der Waals surface area contributed by atoms with E-state index in [9.17, 15) is 9.59 Å². The van der Waals surface area contributed by atoms with Gasteiger partial charge in [-0.2, -0.15) is 0 Å². The largest absolute Gasteiger partial charge is 0.349 e. The monoisotopic (exact) mass is 258 g/mol. The van der Waals surface area contributed by atoms with Crippen molar-refractivity contribution in [2.75, 3.05) is 5.32 Å². The van der Waals surface area contributed by atoms with Crippen LogP contribution in [0.5, 0.6) is 0 Å². The van der Waals surface area contributed by atoms with Gasteiger partial charge >= 0.3 is 0 Å². The van der Waals surface area contributed by atoms with Crippen molar-refractivity contribution in [1.82, 2.24) is 5.32 Å². The average Bonchev–Trinajstić information content (AvgIpc) is 3.12. The standard InChI is InChI=1S/C15H18N2O2/c1-10(2)8-14(18)16-13-5-3-4-11(9-13)15(19)17-12-6-7-12/h3-5,8-9,12H,6-7H2,1-2H3,(H,16,18)(H,17,19). The Kier molecular flexibility index (Phi) is 4.00. The molecule has 1 aromatic carbocycles. The molecule has 0 spiro atoms. The number of allylic oxidation sites excluding steroid dienone is 1. The Labute approximate surface area is 112 Å². The summed E-state index contributed by atoms with van der Waals surface area (Å²) < 4.78 is 0. The normalized spacial score (nSPS) is 13.6. The molecule has 0 unspecified atom stereocenters. The van der Waals surface area contributed by atoms with Gasteiger partial charge in [0, 0.05) is 23.4 Å². The van der Waals surface area contributed by atoms with E-state index in [0.29, 0.717) is 17.3 Å². The molecule has 0 heterocycles. The second-order valence-electron chi connectivity index (χ2n) is 5.04. The quantitative estimate of drug-likeness (QED) is 0.815. The molecular weight excluding hydrogens is 240 g/mol. The highest BCUT2D eigenvalue weighted by atomic mass is 16.2. The van der Waals surface area contributed by atoms with Gasteiger partial charge in [-0.3, -0.25) is 9.59 Å². The van der Waals surface area contributed by atoms with Crippen LogP contribution in [0.2, 0.25) is 0 Å². The molecule has 1 saturated carbocycles. The van der Waals surface area contributed by atoms with Crippen molar-refractivity contribution >= 4 is 17.5 Å². The number of carbonyl (C=O) groups excluding carboxylic acids is 2. The van der Waals surface area contributed by atoms with Gasteiger partial charge in [-0.25, -0.2) is 0 Å². The molecular formula is C15H18N2O2. The minimum atomic E-state index is -0.181. The number of carbonyl (C=O) groups is 2. The molecule has 0 atom stereocenters. The fourth-order valence-electron chi connectivity index (χ4n) is 1.68. The van der Waals surface area contributed by atoms with Gasteiger partial charge in [0.25, 0.3) is 5.91 Å². The Balaban J connectivity index is 2.03. The first-order valence-electron chi connectivity index (χ1n) is 6.41. The molecule has 0 aromatic heterocycles. The summed E-state index contributed by atoms with van der Waals surface area (Å²) in [6.45, 7) is 3.72. The number of rotatable bonds is 4. The summed E-state index contributed by atoms with van der Waals surface area (Å²) in [5.41, 5.74) is 2.13. The maximum absolute atomic E-state index is 11.9. The third-order valence-electron chi connectivity index (χ3n) is 2.72. The molecule has 2 amide bonds. The number of amides is 2. The van der Waals surface area contributed by atoms with Crippen LogP contribution in [0.25, 0.3) is 0 Å². The van der Waals surface area contributed by atoms with Gasteiger partial charge in [-0.1, -0.05) is 11.6 Å². The lowest BCUT2D eigenvalue weighted by Crippen LogP contribution is -2.25. The molecule has 4 heteroatoms. The Morgan fingerprint density at radius 3 is 2.63 bits per heavy atom. The zero-order chi connectivity index (χ0) is 13.8. The summed E-state index contributed by atoms with van der Waals surface area (Å²) in [6.07, 6.45) is 3.64. The molecule has 100 valence electrons. The highest BCUT2D eigenvalue weighted by Gasteiger charge is 2.23. The van der Waals surface area contributed by atoms with Crippen molar-refractivity contribution in [1.29, 1.82) is 0 Å². The van der Waals surface area contributed by atoms with E-state index < -0.39 is 0 Å². The van der Waals surface area contributed by atoms with E-state index in [-0.39, 0.29) is 11.8 Å². The number of hydrogen-bond donors (Lipinski definition) is 2. The number of benzene rings is 1. The third-order valence-corrected chi connectivity index (χ3v) is 2.72. The molecule has 0 radical (unpaired) electrons. The lowest BCUT2D eigenvalue weighted by molar-refractivity contribution is -0.111. The molecule has 2 rings (SSSR count). The summed E-state index contributed by atoms with van der Waals surface area (Å²) in [5.74, 6) is -0.263. The van der Waals surface area contributed by atoms with Crippen LogP contribution in [0.1, 0.15) is 37.0 Å². The van der Waals surface area contributed by atoms with Gasteiger partial charge in [0.1, 0.15) is 0 Å². The van der Waals surface area contributed by atoms with Crippen LogP contribution in [0.15, 0.2) is 35.9 Å². The zero-order valence-electron chi connectivity index (χ0n) is 11.2. The number of nitrogens with one attached hydrogen (secondary N) is 2. The predicted molar refractivity (Wildman–Crippen MR) is 75.0 cm³/mol. The van der Waals surface area contributed by atoms with E-state index in [4.69, 9.17) is 0 Å². The van der Waals surface area contributed by atoms with Gasteiger partial charge in [0.2, 0.25) is 5.91 Å². The second-order valence-corrected chi connectivity index (χ2v) is 5.04. The molecule has 1 aliphatic carbocycles. The van der Waals surface area contributed by atoms with E-state index in [2.05, 4.69) is 10.6 Å². The molecule has 1 aliphatic rings. The first-order valence-corrected chi connectivity index (χ1v) is 6.41. The van der Waals surface area contributed by atoms with E-state index in [1.54, 1.807) is 24.3 Å². The fraction of sp³-hybridized carbons (Fsp3) is 0.333. The Morgan fingerprint density at radius 2 is 2.00 bits per heavy atom.